The Kier molecular flexibility index (Phi) is 5.06. The number of esters is 1. The summed E-state index contributed by atoms with van der Waals surface area (Å²) >= 11 is 5.69. The van der Waals surface area contributed by atoms with Crippen molar-refractivity contribution in [2.24, 2.45) is 0 Å². The Labute approximate surface area is 131 Å². The minimum Gasteiger partial charge on any atom is -0.493 e. The van der Waals surface area contributed by atoms with Crippen molar-refractivity contribution in [2.45, 2.75) is 0 Å². The molecule has 22 heavy (non-hydrogen) atoms. The number of ketones is 1. The van der Waals surface area contributed by atoms with Gasteiger partial charge in [0.2, 0.25) is 0 Å². The Bertz CT molecular complexity index is 695. The van der Waals surface area contributed by atoms with Gasteiger partial charge in [0, 0.05) is 11.8 Å². The zero-order chi connectivity index (χ0) is 16.1. The number of hydrogen-bond acceptors (Lipinski definition) is 5. The standard InChI is InChI=1S/C15H14ClNO5/c1-20-13-4-3-9(5-14(13)21-2)12(18)8-22-15(19)11-6-10(16)7-17-11/h3-7,17H,8H2,1-2H3. The van der Waals surface area contributed by atoms with Crippen LogP contribution in [0, 0.1) is 0 Å². The predicted octanol–water partition coefficient (Wildman–Crippen LogP) is 2.73. The number of hydrogen-bond donors (Lipinski definition) is 1. The molecule has 0 fully saturated rings. The molecule has 0 aliphatic rings. The molecule has 0 aliphatic heterocycles. The second-order valence-electron chi connectivity index (χ2n) is 4.30. The summed E-state index contributed by atoms with van der Waals surface area (Å²) < 4.78 is 15.1. The molecule has 1 N–H and O–H groups in total. The average molecular weight is 324 g/mol. The number of carbonyl (C=O) groups is 2. The number of halogens is 1. The molecular formula is C15H14ClNO5. The summed E-state index contributed by atoms with van der Waals surface area (Å²) in [5.74, 6) is -0.0689. The maximum atomic E-state index is 12.0. The molecule has 0 bridgehead atoms. The maximum absolute atomic E-state index is 12.0. The van der Waals surface area contributed by atoms with Gasteiger partial charge in [-0.15, -0.1) is 0 Å². The molecule has 0 radical (unpaired) electrons. The normalized spacial score (nSPS) is 10.1. The van der Waals surface area contributed by atoms with Crippen LogP contribution in [0.1, 0.15) is 20.8 Å². The molecule has 0 spiro atoms. The van der Waals surface area contributed by atoms with Gasteiger partial charge in [-0.1, -0.05) is 11.6 Å². The van der Waals surface area contributed by atoms with Crippen LogP contribution in [0.15, 0.2) is 30.5 Å². The highest BCUT2D eigenvalue weighted by molar-refractivity contribution is 6.30. The van der Waals surface area contributed by atoms with Gasteiger partial charge in [0.15, 0.2) is 23.9 Å². The lowest BCUT2D eigenvalue weighted by atomic mass is 10.1. The fraction of sp³-hybridized carbons (Fsp3) is 0.200. The molecule has 2 aromatic rings. The number of ether oxygens (including phenoxy) is 3. The highest BCUT2D eigenvalue weighted by Gasteiger charge is 2.15. The van der Waals surface area contributed by atoms with Crippen molar-refractivity contribution in [3.05, 3.63) is 46.7 Å². The van der Waals surface area contributed by atoms with Gasteiger partial charge in [0.1, 0.15) is 5.69 Å². The molecule has 0 amide bonds. The minimum absolute atomic E-state index is 0.185. The van der Waals surface area contributed by atoms with Gasteiger partial charge in [-0.2, -0.15) is 0 Å². The van der Waals surface area contributed by atoms with Crippen molar-refractivity contribution in [3.8, 4) is 11.5 Å². The molecule has 2 rings (SSSR count). The van der Waals surface area contributed by atoms with Crippen LogP contribution in [0.4, 0.5) is 0 Å². The fourth-order valence-corrected chi connectivity index (χ4v) is 1.95. The van der Waals surface area contributed by atoms with Crippen LogP contribution in [-0.2, 0) is 4.74 Å². The number of benzene rings is 1. The predicted molar refractivity (Wildman–Crippen MR) is 80.0 cm³/mol. The first kappa shape index (κ1) is 15.9. The van der Waals surface area contributed by atoms with Crippen LogP contribution >= 0.6 is 11.6 Å². The third-order valence-electron chi connectivity index (χ3n) is 2.91. The summed E-state index contributed by atoms with van der Waals surface area (Å²) in [6, 6.07) is 6.13. The SMILES string of the molecule is COc1ccc(C(=O)COC(=O)c2cc(Cl)c[nH]2)cc1OC. The van der Waals surface area contributed by atoms with E-state index in [0.29, 0.717) is 22.1 Å². The van der Waals surface area contributed by atoms with E-state index in [0.717, 1.165) is 0 Å². The highest BCUT2D eigenvalue weighted by Crippen LogP contribution is 2.27. The number of carbonyl (C=O) groups excluding carboxylic acids is 2. The van der Waals surface area contributed by atoms with Crippen molar-refractivity contribution in [1.29, 1.82) is 0 Å². The van der Waals surface area contributed by atoms with E-state index in [1.807, 2.05) is 0 Å². The van der Waals surface area contributed by atoms with Crippen molar-refractivity contribution in [3.63, 3.8) is 0 Å². The van der Waals surface area contributed by atoms with Gasteiger partial charge >= 0.3 is 5.97 Å². The Balaban J connectivity index is 2.02. The molecule has 1 heterocycles. The molecule has 1 aromatic carbocycles. The van der Waals surface area contributed by atoms with Gasteiger partial charge in [0.05, 0.1) is 19.2 Å². The van der Waals surface area contributed by atoms with Crippen LogP contribution in [0.25, 0.3) is 0 Å². The molecule has 0 atom stereocenters. The number of methoxy groups -OCH3 is 2. The maximum Gasteiger partial charge on any atom is 0.355 e. The van der Waals surface area contributed by atoms with Gasteiger partial charge in [0.25, 0.3) is 0 Å². The van der Waals surface area contributed by atoms with Crippen LogP contribution in [0.2, 0.25) is 5.02 Å². The second-order valence-corrected chi connectivity index (χ2v) is 4.74. The first-order valence-corrected chi connectivity index (χ1v) is 6.69. The van der Waals surface area contributed by atoms with Crippen molar-refractivity contribution in [1.82, 2.24) is 4.98 Å². The zero-order valence-corrected chi connectivity index (χ0v) is 12.8. The number of aromatic amines is 1. The van der Waals surface area contributed by atoms with Crippen LogP contribution in [0.5, 0.6) is 11.5 Å². The Morgan fingerprint density at radius 2 is 1.86 bits per heavy atom. The molecular weight excluding hydrogens is 310 g/mol. The van der Waals surface area contributed by atoms with Crippen LogP contribution in [-0.4, -0.2) is 37.6 Å². The fourth-order valence-electron chi connectivity index (χ4n) is 1.79. The van der Waals surface area contributed by atoms with Crippen LogP contribution < -0.4 is 9.47 Å². The molecule has 6 nitrogen and oxygen atoms in total. The van der Waals surface area contributed by atoms with E-state index in [1.54, 1.807) is 12.1 Å². The first-order chi connectivity index (χ1) is 10.5. The van der Waals surface area contributed by atoms with E-state index < -0.39 is 5.97 Å². The van der Waals surface area contributed by atoms with Crippen molar-refractivity contribution in [2.75, 3.05) is 20.8 Å². The monoisotopic (exact) mass is 323 g/mol. The zero-order valence-electron chi connectivity index (χ0n) is 12.0. The lowest BCUT2D eigenvalue weighted by Gasteiger charge is -2.09. The number of H-pyrrole nitrogens is 1. The van der Waals surface area contributed by atoms with E-state index in [-0.39, 0.29) is 18.1 Å². The van der Waals surface area contributed by atoms with Crippen molar-refractivity contribution >= 4 is 23.4 Å². The number of nitrogens with one attached hydrogen (secondary N) is 1. The summed E-state index contributed by atoms with van der Waals surface area (Å²) in [5, 5.41) is 0.387. The smallest absolute Gasteiger partial charge is 0.355 e. The first-order valence-electron chi connectivity index (χ1n) is 6.31. The van der Waals surface area contributed by atoms with Gasteiger partial charge in [-0.3, -0.25) is 4.79 Å². The summed E-state index contributed by atoms with van der Waals surface area (Å²) in [6.07, 6.45) is 1.45. The van der Waals surface area contributed by atoms with Gasteiger partial charge < -0.3 is 19.2 Å². The van der Waals surface area contributed by atoms with Crippen molar-refractivity contribution < 1.29 is 23.8 Å². The summed E-state index contributed by atoms with van der Waals surface area (Å²) in [4.78, 5) is 26.4. The molecule has 0 aliphatic carbocycles. The molecule has 0 unspecified atom stereocenters. The average Bonchev–Trinajstić information content (AvgIpc) is 2.98. The Hall–Kier alpha value is -2.47. The largest absolute Gasteiger partial charge is 0.493 e. The van der Waals surface area contributed by atoms with Gasteiger partial charge in [-0.25, -0.2) is 4.79 Å². The molecule has 0 saturated carbocycles. The number of Topliss-reactive ketones (excluding diaryl/α,β-unsaturated/α-hetero) is 1. The minimum atomic E-state index is -0.652. The molecule has 0 saturated heterocycles. The summed E-state index contributed by atoms with van der Waals surface area (Å²) in [7, 11) is 2.98. The molecule has 116 valence electrons. The topological polar surface area (TPSA) is 77.6 Å². The highest BCUT2D eigenvalue weighted by atomic mass is 35.5. The Morgan fingerprint density at radius 3 is 2.45 bits per heavy atom. The Morgan fingerprint density at radius 1 is 1.14 bits per heavy atom. The lowest BCUT2D eigenvalue weighted by molar-refractivity contribution is 0.0469. The third-order valence-corrected chi connectivity index (χ3v) is 3.13. The second kappa shape index (κ2) is 7.00. The summed E-state index contributed by atoms with van der Waals surface area (Å²) in [6.45, 7) is -0.384. The molecule has 1 aromatic heterocycles. The van der Waals surface area contributed by atoms with E-state index in [9.17, 15) is 9.59 Å². The van der Waals surface area contributed by atoms with E-state index >= 15 is 0 Å². The quantitative estimate of drug-likeness (QED) is 0.653. The van der Waals surface area contributed by atoms with Gasteiger partial charge in [-0.05, 0) is 24.3 Å². The van der Waals surface area contributed by atoms with Crippen LogP contribution in [0.3, 0.4) is 0 Å². The number of rotatable bonds is 6. The lowest BCUT2D eigenvalue weighted by Crippen LogP contribution is -2.14. The van der Waals surface area contributed by atoms with E-state index in [2.05, 4.69) is 4.98 Å². The van der Waals surface area contributed by atoms with E-state index in [4.69, 9.17) is 25.8 Å². The number of aromatic nitrogens is 1. The molecule has 7 heteroatoms. The van der Waals surface area contributed by atoms with E-state index in [1.165, 1.54) is 32.5 Å². The summed E-state index contributed by atoms with van der Waals surface area (Å²) in [5.41, 5.74) is 0.542. The third kappa shape index (κ3) is 3.59.